The summed E-state index contributed by atoms with van der Waals surface area (Å²) >= 11 is 0. The van der Waals surface area contributed by atoms with Gasteiger partial charge in [-0.05, 0) is 42.7 Å². The van der Waals surface area contributed by atoms with E-state index >= 15 is 0 Å². The van der Waals surface area contributed by atoms with Crippen LogP contribution in [0.5, 0.6) is 5.75 Å². The molecule has 2 heterocycles. The summed E-state index contributed by atoms with van der Waals surface area (Å²) in [5, 5.41) is 3.06. The van der Waals surface area contributed by atoms with Crippen LogP contribution in [0, 0.1) is 0 Å². The predicted octanol–water partition coefficient (Wildman–Crippen LogP) is 2.61. The van der Waals surface area contributed by atoms with Gasteiger partial charge in [0.15, 0.2) is 6.61 Å². The molecule has 2 fully saturated rings. The zero-order valence-corrected chi connectivity index (χ0v) is 17.5. The molecule has 1 N–H and O–H groups in total. The monoisotopic (exact) mass is 424 g/mol. The van der Waals surface area contributed by atoms with Crippen molar-refractivity contribution in [1.29, 1.82) is 0 Å². The largest absolute Gasteiger partial charge is 0.484 e. The minimum Gasteiger partial charge on any atom is -0.484 e. The van der Waals surface area contributed by atoms with Gasteiger partial charge in [0.1, 0.15) is 5.75 Å². The normalized spacial score (nSPS) is 18.3. The quantitative estimate of drug-likeness (QED) is 0.771. The number of rotatable bonds is 6. The number of anilines is 1. The van der Waals surface area contributed by atoms with E-state index in [0.29, 0.717) is 63.8 Å². The Kier molecular flexibility index (Phi) is 6.84. The number of amides is 2. The first-order valence-corrected chi connectivity index (χ1v) is 10.7. The number of ether oxygens (including phenoxy) is 3. The van der Waals surface area contributed by atoms with Crippen LogP contribution in [-0.4, -0.2) is 62.8 Å². The van der Waals surface area contributed by atoms with Crippen LogP contribution in [0.4, 0.5) is 5.69 Å². The highest BCUT2D eigenvalue weighted by Crippen LogP contribution is 2.36. The molecule has 2 saturated heterocycles. The molecule has 7 nitrogen and oxygen atoms in total. The molecule has 2 aromatic rings. The minimum absolute atomic E-state index is 0.0111. The Balaban J connectivity index is 1.37. The van der Waals surface area contributed by atoms with E-state index in [-0.39, 0.29) is 18.4 Å². The third-order valence-corrected chi connectivity index (χ3v) is 5.95. The van der Waals surface area contributed by atoms with Crippen molar-refractivity contribution >= 4 is 17.5 Å². The Hall–Kier alpha value is -2.90. The Morgan fingerprint density at radius 2 is 1.55 bits per heavy atom. The molecule has 0 bridgehead atoms. The zero-order chi connectivity index (χ0) is 21.5. The van der Waals surface area contributed by atoms with Crippen LogP contribution in [0.25, 0.3) is 0 Å². The number of nitrogens with one attached hydrogen (secondary N) is 1. The smallest absolute Gasteiger partial charge is 0.260 e. The summed E-state index contributed by atoms with van der Waals surface area (Å²) in [4.78, 5) is 27.3. The van der Waals surface area contributed by atoms with Gasteiger partial charge in [-0.3, -0.25) is 9.59 Å². The molecular weight excluding hydrogens is 396 g/mol. The van der Waals surface area contributed by atoms with Crippen LogP contribution >= 0.6 is 0 Å². The average molecular weight is 424 g/mol. The highest BCUT2D eigenvalue weighted by Gasteiger charge is 2.41. The molecule has 0 saturated carbocycles. The number of hydrogen-bond donors (Lipinski definition) is 1. The van der Waals surface area contributed by atoms with Crippen LogP contribution < -0.4 is 10.1 Å². The summed E-state index contributed by atoms with van der Waals surface area (Å²) < 4.78 is 16.4. The van der Waals surface area contributed by atoms with Gasteiger partial charge in [-0.25, -0.2) is 0 Å². The molecule has 0 spiro atoms. The maximum absolute atomic E-state index is 13.3. The van der Waals surface area contributed by atoms with Crippen LogP contribution in [0.2, 0.25) is 0 Å². The van der Waals surface area contributed by atoms with E-state index in [1.54, 1.807) is 29.2 Å². The third-order valence-electron chi connectivity index (χ3n) is 5.95. The first-order chi connectivity index (χ1) is 15.2. The number of nitrogens with zero attached hydrogens (tertiary/aromatic N) is 1. The van der Waals surface area contributed by atoms with Crippen molar-refractivity contribution in [2.75, 3.05) is 51.4 Å². The van der Waals surface area contributed by atoms with Gasteiger partial charge in [-0.1, -0.05) is 30.3 Å². The maximum atomic E-state index is 13.3. The molecular formula is C24H28N2O5. The van der Waals surface area contributed by atoms with E-state index in [1.807, 2.05) is 30.3 Å². The Morgan fingerprint density at radius 3 is 2.23 bits per heavy atom. The second kappa shape index (κ2) is 9.94. The molecule has 0 atom stereocenters. The molecule has 7 heteroatoms. The van der Waals surface area contributed by atoms with Gasteiger partial charge < -0.3 is 24.4 Å². The Labute approximate surface area is 182 Å². The summed E-state index contributed by atoms with van der Waals surface area (Å²) in [6.07, 6.45) is 1.29. The van der Waals surface area contributed by atoms with Crippen LogP contribution in [-0.2, 0) is 24.5 Å². The third kappa shape index (κ3) is 5.06. The molecule has 2 amide bonds. The lowest BCUT2D eigenvalue weighted by atomic mass is 9.73. The number of carbonyl (C=O) groups is 2. The van der Waals surface area contributed by atoms with E-state index in [2.05, 4.69) is 5.32 Å². The second-order valence-corrected chi connectivity index (χ2v) is 7.82. The Morgan fingerprint density at radius 1 is 0.903 bits per heavy atom. The molecule has 0 aromatic heterocycles. The lowest BCUT2D eigenvalue weighted by Gasteiger charge is -2.36. The summed E-state index contributed by atoms with van der Waals surface area (Å²) in [7, 11) is 0. The first-order valence-electron chi connectivity index (χ1n) is 10.7. The van der Waals surface area contributed by atoms with Crippen molar-refractivity contribution in [3.8, 4) is 5.75 Å². The Bertz CT molecular complexity index is 873. The standard InChI is InChI=1S/C24H28N2O5/c27-22(26-12-16-30-17-13-26)18-31-21-8-6-20(7-9-21)25-23(28)24(10-14-29-15-11-24)19-4-2-1-3-5-19/h1-9H,10-18H2,(H,25,28). The molecule has 0 radical (unpaired) electrons. The summed E-state index contributed by atoms with van der Waals surface area (Å²) in [5.41, 5.74) is 1.11. The van der Waals surface area contributed by atoms with Crippen LogP contribution in [0.1, 0.15) is 18.4 Å². The van der Waals surface area contributed by atoms with Crippen molar-refractivity contribution in [1.82, 2.24) is 4.90 Å². The van der Waals surface area contributed by atoms with Crippen molar-refractivity contribution in [2.24, 2.45) is 0 Å². The minimum atomic E-state index is -0.598. The fourth-order valence-electron chi connectivity index (χ4n) is 4.06. The van der Waals surface area contributed by atoms with Gasteiger partial charge in [-0.2, -0.15) is 0 Å². The average Bonchev–Trinajstić information content (AvgIpc) is 2.85. The zero-order valence-electron chi connectivity index (χ0n) is 17.5. The van der Waals surface area contributed by atoms with Crippen LogP contribution in [0.3, 0.4) is 0 Å². The molecule has 0 unspecified atom stereocenters. The summed E-state index contributed by atoms with van der Waals surface area (Å²) in [6.45, 7) is 3.44. The van der Waals surface area contributed by atoms with Gasteiger partial charge in [-0.15, -0.1) is 0 Å². The number of benzene rings is 2. The fraction of sp³-hybridized carbons (Fsp3) is 0.417. The SMILES string of the molecule is O=C(COc1ccc(NC(=O)C2(c3ccccc3)CCOCC2)cc1)N1CCOCC1. The van der Waals surface area contributed by atoms with Crippen molar-refractivity contribution < 1.29 is 23.8 Å². The van der Waals surface area contributed by atoms with Gasteiger partial charge in [0.25, 0.3) is 5.91 Å². The molecule has 0 aliphatic carbocycles. The molecule has 164 valence electrons. The van der Waals surface area contributed by atoms with Crippen LogP contribution in [0.15, 0.2) is 54.6 Å². The van der Waals surface area contributed by atoms with Gasteiger partial charge in [0.2, 0.25) is 5.91 Å². The first kappa shape index (κ1) is 21.3. The number of carbonyl (C=O) groups excluding carboxylic acids is 2. The lowest BCUT2D eigenvalue weighted by molar-refractivity contribution is -0.137. The maximum Gasteiger partial charge on any atom is 0.260 e. The predicted molar refractivity (Wildman–Crippen MR) is 116 cm³/mol. The lowest BCUT2D eigenvalue weighted by Crippen LogP contribution is -2.44. The van der Waals surface area contributed by atoms with Gasteiger partial charge in [0, 0.05) is 32.0 Å². The molecule has 31 heavy (non-hydrogen) atoms. The highest BCUT2D eigenvalue weighted by molar-refractivity contribution is 5.99. The number of hydrogen-bond acceptors (Lipinski definition) is 5. The number of morpholine rings is 1. The van der Waals surface area contributed by atoms with Crippen molar-refractivity contribution in [3.05, 3.63) is 60.2 Å². The van der Waals surface area contributed by atoms with Gasteiger partial charge in [0.05, 0.1) is 18.6 Å². The summed E-state index contributed by atoms with van der Waals surface area (Å²) in [6, 6.07) is 17.0. The second-order valence-electron chi connectivity index (χ2n) is 7.82. The van der Waals surface area contributed by atoms with E-state index in [0.717, 1.165) is 5.56 Å². The molecule has 2 aromatic carbocycles. The van der Waals surface area contributed by atoms with E-state index in [9.17, 15) is 9.59 Å². The van der Waals surface area contributed by atoms with E-state index in [4.69, 9.17) is 14.2 Å². The van der Waals surface area contributed by atoms with Gasteiger partial charge >= 0.3 is 0 Å². The van der Waals surface area contributed by atoms with Crippen molar-refractivity contribution in [3.63, 3.8) is 0 Å². The molecule has 4 rings (SSSR count). The highest BCUT2D eigenvalue weighted by atomic mass is 16.5. The topological polar surface area (TPSA) is 77.1 Å². The molecule has 2 aliphatic rings. The van der Waals surface area contributed by atoms with E-state index in [1.165, 1.54) is 0 Å². The van der Waals surface area contributed by atoms with Crippen molar-refractivity contribution in [2.45, 2.75) is 18.3 Å². The van der Waals surface area contributed by atoms with E-state index < -0.39 is 5.41 Å². The fourth-order valence-corrected chi connectivity index (χ4v) is 4.06. The molecule has 2 aliphatic heterocycles. The summed E-state index contributed by atoms with van der Waals surface area (Å²) in [5.74, 6) is 0.506.